The molecule has 0 aliphatic heterocycles. The topological polar surface area (TPSA) is 58.6 Å². The number of methoxy groups -OCH3 is 1. The van der Waals surface area contributed by atoms with E-state index in [0.29, 0.717) is 17.3 Å². The van der Waals surface area contributed by atoms with E-state index in [2.05, 4.69) is 10.2 Å². The number of ether oxygens (including phenoxy) is 1. The Morgan fingerprint density at radius 1 is 1.11 bits per heavy atom. The van der Waals surface area contributed by atoms with Gasteiger partial charge >= 0.3 is 0 Å². The number of nitrogens with zero attached hydrogens (tertiary/aromatic N) is 1. The number of rotatable bonds is 8. The largest absolute Gasteiger partial charge is 0.497 e. The van der Waals surface area contributed by atoms with Gasteiger partial charge in [0.05, 0.1) is 13.2 Å². The maximum absolute atomic E-state index is 12.8. The second kappa shape index (κ2) is 8.35. The zero-order valence-corrected chi connectivity index (χ0v) is 16.1. The van der Waals surface area contributed by atoms with Crippen molar-refractivity contribution < 1.29 is 14.3 Å². The molecule has 142 valence electrons. The van der Waals surface area contributed by atoms with E-state index < -0.39 is 0 Å². The third-order valence-electron chi connectivity index (χ3n) is 4.98. The van der Waals surface area contributed by atoms with Crippen LogP contribution < -0.4 is 10.1 Å². The van der Waals surface area contributed by atoms with Gasteiger partial charge in [0, 0.05) is 23.8 Å². The normalized spacial score (nSPS) is 14.7. The molecule has 3 rings (SSSR count). The maximum atomic E-state index is 12.8. The van der Waals surface area contributed by atoms with Gasteiger partial charge in [0.25, 0.3) is 0 Å². The summed E-state index contributed by atoms with van der Waals surface area (Å²) in [6.45, 7) is 4.20. The van der Waals surface area contributed by atoms with Crippen LogP contribution in [0.25, 0.3) is 0 Å². The minimum atomic E-state index is -0.243. The summed E-state index contributed by atoms with van der Waals surface area (Å²) >= 11 is 0. The Hall–Kier alpha value is -2.66. The average molecular weight is 366 g/mol. The summed E-state index contributed by atoms with van der Waals surface area (Å²) in [6.07, 6.45) is 2.25. The van der Waals surface area contributed by atoms with Crippen LogP contribution in [0.15, 0.2) is 48.5 Å². The van der Waals surface area contributed by atoms with E-state index in [4.69, 9.17) is 4.74 Å². The lowest BCUT2D eigenvalue weighted by Gasteiger charge is -2.28. The number of carbonyl (C=O) groups is 2. The Balaban J connectivity index is 1.65. The SMILES string of the molecule is COc1ccc(CN(C2CC2)[C@@H](C)C(=O)Nc2ccc(C(C)=O)cc2)cc1. The van der Waals surface area contributed by atoms with Crippen LogP contribution in [0.3, 0.4) is 0 Å². The van der Waals surface area contributed by atoms with Crippen molar-refractivity contribution >= 4 is 17.4 Å². The van der Waals surface area contributed by atoms with E-state index >= 15 is 0 Å². The van der Waals surface area contributed by atoms with E-state index in [1.807, 2.05) is 31.2 Å². The fraction of sp³-hybridized carbons (Fsp3) is 0.364. The number of carbonyl (C=O) groups excluding carboxylic acids is 2. The first-order chi connectivity index (χ1) is 13.0. The van der Waals surface area contributed by atoms with E-state index in [-0.39, 0.29) is 17.7 Å². The fourth-order valence-corrected chi connectivity index (χ4v) is 3.12. The Morgan fingerprint density at radius 2 is 1.74 bits per heavy atom. The second-order valence-electron chi connectivity index (χ2n) is 7.05. The van der Waals surface area contributed by atoms with Gasteiger partial charge in [0.2, 0.25) is 5.91 Å². The highest BCUT2D eigenvalue weighted by atomic mass is 16.5. The molecule has 1 amide bonds. The first-order valence-electron chi connectivity index (χ1n) is 9.28. The van der Waals surface area contributed by atoms with Crippen LogP contribution in [0.5, 0.6) is 5.75 Å². The molecular weight excluding hydrogens is 340 g/mol. The zero-order chi connectivity index (χ0) is 19.4. The van der Waals surface area contributed by atoms with Crippen molar-refractivity contribution in [1.82, 2.24) is 4.90 Å². The molecular formula is C22H26N2O3. The van der Waals surface area contributed by atoms with Crippen molar-refractivity contribution in [1.29, 1.82) is 0 Å². The van der Waals surface area contributed by atoms with Gasteiger partial charge in [-0.05, 0) is 68.7 Å². The van der Waals surface area contributed by atoms with Crippen LogP contribution in [-0.4, -0.2) is 35.8 Å². The molecule has 1 N–H and O–H groups in total. The van der Waals surface area contributed by atoms with E-state index in [1.165, 1.54) is 6.92 Å². The minimum absolute atomic E-state index is 0.0145. The molecule has 0 bridgehead atoms. The van der Waals surface area contributed by atoms with Crippen molar-refractivity contribution in [2.75, 3.05) is 12.4 Å². The third kappa shape index (κ3) is 4.95. The first-order valence-corrected chi connectivity index (χ1v) is 9.28. The van der Waals surface area contributed by atoms with Gasteiger partial charge in [-0.1, -0.05) is 12.1 Å². The summed E-state index contributed by atoms with van der Waals surface area (Å²) in [4.78, 5) is 26.4. The molecule has 0 aromatic heterocycles. The Morgan fingerprint density at radius 3 is 2.26 bits per heavy atom. The summed E-state index contributed by atoms with van der Waals surface area (Å²) < 4.78 is 5.21. The Kier molecular flexibility index (Phi) is 5.91. The van der Waals surface area contributed by atoms with E-state index in [9.17, 15) is 9.59 Å². The molecule has 5 nitrogen and oxygen atoms in total. The molecule has 1 aliphatic carbocycles. The molecule has 2 aromatic rings. The van der Waals surface area contributed by atoms with Gasteiger partial charge in [0.1, 0.15) is 5.75 Å². The highest BCUT2D eigenvalue weighted by Gasteiger charge is 2.35. The summed E-state index contributed by atoms with van der Waals surface area (Å²) in [7, 11) is 1.65. The van der Waals surface area contributed by atoms with Crippen molar-refractivity contribution in [3.05, 3.63) is 59.7 Å². The van der Waals surface area contributed by atoms with Crippen molar-refractivity contribution in [2.24, 2.45) is 0 Å². The molecule has 0 heterocycles. The van der Waals surface area contributed by atoms with Crippen LogP contribution in [0.2, 0.25) is 0 Å². The van der Waals surface area contributed by atoms with Crippen molar-refractivity contribution in [3.8, 4) is 5.75 Å². The summed E-state index contributed by atoms with van der Waals surface area (Å²) in [5.41, 5.74) is 2.50. The first kappa shape index (κ1) is 19.1. The number of Topliss-reactive ketones (excluding diaryl/α,β-unsaturated/α-hetero) is 1. The van der Waals surface area contributed by atoms with Gasteiger partial charge in [0.15, 0.2) is 5.78 Å². The molecule has 0 saturated heterocycles. The highest BCUT2D eigenvalue weighted by Crippen LogP contribution is 2.31. The predicted octanol–water partition coefficient (Wildman–Crippen LogP) is 3.89. The van der Waals surface area contributed by atoms with Crippen LogP contribution >= 0.6 is 0 Å². The predicted molar refractivity (Wildman–Crippen MR) is 106 cm³/mol. The quantitative estimate of drug-likeness (QED) is 0.720. The molecule has 2 aromatic carbocycles. The molecule has 1 atom stereocenters. The number of nitrogens with one attached hydrogen (secondary N) is 1. The lowest BCUT2D eigenvalue weighted by molar-refractivity contribution is -0.121. The van der Waals surface area contributed by atoms with Gasteiger partial charge in [-0.3, -0.25) is 14.5 Å². The standard InChI is InChI=1S/C22H26N2O3/c1-15(22(26)23-19-8-6-18(7-9-19)16(2)25)24(20-10-11-20)14-17-4-12-21(27-3)13-5-17/h4-9,12-13,15,20H,10-11,14H2,1-3H3,(H,23,26)/t15-/m0/s1. The molecule has 1 aliphatic rings. The smallest absolute Gasteiger partial charge is 0.241 e. The minimum Gasteiger partial charge on any atom is -0.497 e. The Labute approximate surface area is 160 Å². The van der Waals surface area contributed by atoms with E-state index in [1.54, 1.807) is 31.4 Å². The molecule has 0 unspecified atom stereocenters. The van der Waals surface area contributed by atoms with Gasteiger partial charge in [-0.15, -0.1) is 0 Å². The van der Waals surface area contributed by atoms with Crippen molar-refractivity contribution in [2.45, 2.75) is 45.3 Å². The lowest BCUT2D eigenvalue weighted by Crippen LogP contribution is -2.43. The molecule has 1 saturated carbocycles. The molecule has 1 fully saturated rings. The van der Waals surface area contributed by atoms with Gasteiger partial charge < -0.3 is 10.1 Å². The highest BCUT2D eigenvalue weighted by molar-refractivity contribution is 5.97. The summed E-state index contributed by atoms with van der Waals surface area (Å²) in [5.74, 6) is 0.808. The number of amides is 1. The van der Waals surface area contributed by atoms with Crippen LogP contribution in [-0.2, 0) is 11.3 Å². The fourth-order valence-electron chi connectivity index (χ4n) is 3.12. The molecule has 0 radical (unpaired) electrons. The van der Waals surface area contributed by atoms with Crippen LogP contribution in [0.4, 0.5) is 5.69 Å². The van der Waals surface area contributed by atoms with Gasteiger partial charge in [-0.25, -0.2) is 0 Å². The number of hydrogen-bond donors (Lipinski definition) is 1. The monoisotopic (exact) mass is 366 g/mol. The third-order valence-corrected chi connectivity index (χ3v) is 4.98. The van der Waals surface area contributed by atoms with Crippen molar-refractivity contribution in [3.63, 3.8) is 0 Å². The summed E-state index contributed by atoms with van der Waals surface area (Å²) in [6, 6.07) is 15.2. The molecule has 0 spiro atoms. The number of anilines is 1. The summed E-state index contributed by atoms with van der Waals surface area (Å²) in [5, 5.41) is 2.96. The van der Waals surface area contributed by atoms with Crippen LogP contribution in [0.1, 0.15) is 42.6 Å². The Bertz CT molecular complexity index is 795. The maximum Gasteiger partial charge on any atom is 0.241 e. The lowest BCUT2D eigenvalue weighted by atomic mass is 10.1. The van der Waals surface area contributed by atoms with Crippen LogP contribution in [0, 0.1) is 0 Å². The second-order valence-corrected chi connectivity index (χ2v) is 7.05. The molecule has 5 heteroatoms. The number of hydrogen-bond acceptors (Lipinski definition) is 4. The van der Waals surface area contributed by atoms with Gasteiger partial charge in [-0.2, -0.15) is 0 Å². The zero-order valence-electron chi connectivity index (χ0n) is 16.1. The average Bonchev–Trinajstić information content (AvgIpc) is 3.51. The number of benzene rings is 2. The number of ketones is 1. The molecule has 27 heavy (non-hydrogen) atoms. The van der Waals surface area contributed by atoms with E-state index in [0.717, 1.165) is 30.7 Å².